The number of hydrogen-bond acceptors (Lipinski definition) is 5. The number of carboxylic acid groups (broad SMARTS) is 1. The number of rotatable bonds is 3. The summed E-state index contributed by atoms with van der Waals surface area (Å²) in [5, 5.41) is 13.1. The van der Waals surface area contributed by atoms with Gasteiger partial charge in [-0.25, -0.2) is 9.78 Å². The summed E-state index contributed by atoms with van der Waals surface area (Å²) in [7, 11) is 0. The summed E-state index contributed by atoms with van der Waals surface area (Å²) in [5.74, 6) is -0.351. The third-order valence-electron chi connectivity index (χ3n) is 2.59. The minimum Gasteiger partial charge on any atom is -0.477 e. The van der Waals surface area contributed by atoms with E-state index >= 15 is 0 Å². The third kappa shape index (κ3) is 1.83. The molecule has 88 valence electrons. The quantitative estimate of drug-likeness (QED) is 0.928. The number of aromatic nitrogens is 2. The molecule has 2 aromatic rings. The molecule has 1 aliphatic rings. The van der Waals surface area contributed by atoms with Crippen molar-refractivity contribution in [2.45, 2.75) is 18.8 Å². The first-order valence-electron chi connectivity index (χ1n) is 5.01. The molecule has 0 unspecified atom stereocenters. The summed E-state index contributed by atoms with van der Waals surface area (Å²) in [6.07, 6.45) is 3.42. The molecular weight excluding hydrogens is 264 g/mol. The Morgan fingerprint density at radius 3 is 2.88 bits per heavy atom. The average Bonchev–Trinajstić information content (AvgIpc) is 2.87. The highest BCUT2D eigenvalue weighted by Crippen LogP contribution is 2.44. The van der Waals surface area contributed by atoms with E-state index in [1.54, 1.807) is 0 Å². The van der Waals surface area contributed by atoms with Crippen LogP contribution < -0.4 is 0 Å². The fourth-order valence-electron chi connectivity index (χ4n) is 1.66. The number of carboxylic acids is 1. The van der Waals surface area contributed by atoms with Crippen molar-refractivity contribution in [1.82, 2.24) is 10.1 Å². The van der Waals surface area contributed by atoms with Crippen molar-refractivity contribution in [3.63, 3.8) is 0 Å². The summed E-state index contributed by atoms with van der Waals surface area (Å²) in [6.45, 7) is 0. The monoisotopic (exact) mass is 270 g/mol. The van der Waals surface area contributed by atoms with Crippen molar-refractivity contribution in [2.24, 2.45) is 0 Å². The van der Waals surface area contributed by atoms with Crippen LogP contribution in [-0.4, -0.2) is 21.2 Å². The van der Waals surface area contributed by atoms with Crippen LogP contribution in [0, 0.1) is 0 Å². The first kappa shape index (κ1) is 10.7. The van der Waals surface area contributed by atoms with E-state index in [0.717, 1.165) is 12.8 Å². The van der Waals surface area contributed by atoms with Crippen LogP contribution in [0.25, 0.3) is 10.6 Å². The second kappa shape index (κ2) is 3.82. The van der Waals surface area contributed by atoms with Gasteiger partial charge in [-0.2, -0.15) is 0 Å². The van der Waals surface area contributed by atoms with Crippen LogP contribution in [0.15, 0.2) is 10.7 Å². The van der Waals surface area contributed by atoms with Gasteiger partial charge in [0.25, 0.3) is 0 Å². The Morgan fingerprint density at radius 2 is 2.35 bits per heavy atom. The number of aromatic carboxylic acids is 1. The predicted molar refractivity (Wildman–Crippen MR) is 61.6 cm³/mol. The normalized spacial score (nSPS) is 15.1. The average molecular weight is 271 g/mol. The van der Waals surface area contributed by atoms with E-state index in [4.69, 9.17) is 16.1 Å². The lowest BCUT2D eigenvalue weighted by Crippen LogP contribution is -2.00. The third-order valence-corrected chi connectivity index (χ3v) is 3.71. The Kier molecular flexibility index (Phi) is 2.41. The molecule has 2 heterocycles. The Bertz CT molecular complexity index is 588. The molecule has 0 spiro atoms. The van der Waals surface area contributed by atoms with Gasteiger partial charge < -0.3 is 9.63 Å². The van der Waals surface area contributed by atoms with E-state index < -0.39 is 5.97 Å². The van der Waals surface area contributed by atoms with Crippen LogP contribution in [0.4, 0.5) is 0 Å². The van der Waals surface area contributed by atoms with Gasteiger partial charge in [-0.3, -0.25) is 0 Å². The van der Waals surface area contributed by atoms with Crippen molar-refractivity contribution >= 4 is 28.9 Å². The molecule has 0 bridgehead atoms. The molecule has 0 radical (unpaired) electrons. The zero-order valence-corrected chi connectivity index (χ0v) is 10.1. The van der Waals surface area contributed by atoms with E-state index in [1.807, 2.05) is 0 Å². The maximum Gasteiger partial charge on any atom is 0.341 e. The zero-order chi connectivity index (χ0) is 12.0. The Hall–Kier alpha value is -1.40. The first-order valence-corrected chi connectivity index (χ1v) is 6.21. The molecule has 1 saturated carbocycles. The molecular formula is C10H7ClN2O3S. The van der Waals surface area contributed by atoms with Crippen molar-refractivity contribution < 1.29 is 14.4 Å². The molecule has 1 N–H and O–H groups in total. The standard InChI is InChI=1S/C10H7ClN2O3S/c11-10-12-3-5(17-10)7-6(9(14)15)8(16-13-7)4-1-2-4/h3-4H,1-2H2,(H,14,15). The van der Waals surface area contributed by atoms with Gasteiger partial charge in [-0.1, -0.05) is 16.8 Å². The molecule has 0 saturated heterocycles. The lowest BCUT2D eigenvalue weighted by molar-refractivity contribution is 0.0695. The topological polar surface area (TPSA) is 76.2 Å². The highest BCUT2D eigenvalue weighted by molar-refractivity contribution is 7.18. The highest BCUT2D eigenvalue weighted by atomic mass is 35.5. The second-order valence-corrected chi connectivity index (χ2v) is 5.44. The molecule has 0 amide bonds. The van der Waals surface area contributed by atoms with Crippen molar-refractivity contribution in [2.75, 3.05) is 0 Å². The molecule has 2 aromatic heterocycles. The lowest BCUT2D eigenvalue weighted by atomic mass is 10.1. The number of carbonyl (C=O) groups is 1. The van der Waals surface area contributed by atoms with Gasteiger partial charge in [0.1, 0.15) is 11.3 Å². The predicted octanol–water partition coefficient (Wildman–Crippen LogP) is 3.03. The summed E-state index contributed by atoms with van der Waals surface area (Å²) >= 11 is 6.91. The van der Waals surface area contributed by atoms with Crippen molar-refractivity contribution in [3.8, 4) is 10.6 Å². The van der Waals surface area contributed by atoms with Crippen LogP contribution in [0.5, 0.6) is 0 Å². The SMILES string of the molecule is O=C(O)c1c(-c2cnc(Cl)s2)noc1C1CC1. The molecule has 0 aliphatic heterocycles. The number of halogens is 1. The summed E-state index contributed by atoms with van der Waals surface area (Å²) in [4.78, 5) is 15.8. The first-order chi connectivity index (χ1) is 8.16. The molecule has 0 atom stereocenters. The van der Waals surface area contributed by atoms with Gasteiger partial charge in [0.05, 0.1) is 4.88 Å². The van der Waals surface area contributed by atoms with E-state index in [-0.39, 0.29) is 11.5 Å². The number of thiazole rings is 1. The fourth-order valence-corrected chi connectivity index (χ4v) is 2.59. The minimum atomic E-state index is -1.02. The second-order valence-electron chi connectivity index (χ2n) is 3.83. The number of hydrogen-bond donors (Lipinski definition) is 1. The summed E-state index contributed by atoms with van der Waals surface area (Å²) in [6, 6.07) is 0. The van der Waals surface area contributed by atoms with Crippen LogP contribution in [0.1, 0.15) is 34.9 Å². The smallest absolute Gasteiger partial charge is 0.341 e. The minimum absolute atomic E-state index is 0.146. The van der Waals surface area contributed by atoms with Crippen LogP contribution >= 0.6 is 22.9 Å². The molecule has 5 nitrogen and oxygen atoms in total. The molecule has 7 heteroatoms. The van der Waals surface area contributed by atoms with E-state index in [2.05, 4.69) is 10.1 Å². The van der Waals surface area contributed by atoms with Crippen LogP contribution in [-0.2, 0) is 0 Å². The van der Waals surface area contributed by atoms with Crippen molar-refractivity contribution in [1.29, 1.82) is 0 Å². The summed E-state index contributed by atoms with van der Waals surface area (Å²) in [5.41, 5.74) is 0.469. The van der Waals surface area contributed by atoms with Gasteiger partial charge in [0.15, 0.2) is 10.2 Å². The van der Waals surface area contributed by atoms with Gasteiger partial charge in [0, 0.05) is 12.1 Å². The van der Waals surface area contributed by atoms with E-state index in [0.29, 0.717) is 20.8 Å². The summed E-state index contributed by atoms with van der Waals surface area (Å²) < 4.78 is 5.50. The maximum atomic E-state index is 11.3. The van der Waals surface area contributed by atoms with Crippen LogP contribution in [0.3, 0.4) is 0 Å². The molecule has 0 aromatic carbocycles. The Labute approximate surface area is 105 Å². The van der Waals surface area contributed by atoms with Gasteiger partial charge in [-0.05, 0) is 12.8 Å². The molecule has 1 aliphatic carbocycles. The zero-order valence-electron chi connectivity index (χ0n) is 8.51. The van der Waals surface area contributed by atoms with E-state index in [1.165, 1.54) is 17.5 Å². The molecule has 3 rings (SSSR count). The van der Waals surface area contributed by atoms with E-state index in [9.17, 15) is 9.90 Å². The molecule has 1 fully saturated rings. The van der Waals surface area contributed by atoms with Gasteiger partial charge in [-0.15, -0.1) is 11.3 Å². The van der Waals surface area contributed by atoms with Crippen LogP contribution in [0.2, 0.25) is 4.47 Å². The van der Waals surface area contributed by atoms with Gasteiger partial charge in [0.2, 0.25) is 0 Å². The Morgan fingerprint density at radius 1 is 1.59 bits per heavy atom. The maximum absolute atomic E-state index is 11.3. The van der Waals surface area contributed by atoms with Crippen molar-refractivity contribution in [3.05, 3.63) is 22.0 Å². The van der Waals surface area contributed by atoms with Gasteiger partial charge >= 0.3 is 5.97 Å². The highest BCUT2D eigenvalue weighted by Gasteiger charge is 2.35. The number of nitrogens with zero attached hydrogens (tertiary/aromatic N) is 2. The fraction of sp³-hybridized carbons (Fsp3) is 0.300. The lowest BCUT2D eigenvalue weighted by Gasteiger charge is -1.94. The largest absolute Gasteiger partial charge is 0.477 e. The molecule has 17 heavy (non-hydrogen) atoms. The Balaban J connectivity index is 2.13.